The Balaban J connectivity index is 2.08. The van der Waals surface area contributed by atoms with Crippen molar-refractivity contribution in [2.75, 3.05) is 7.11 Å². The Morgan fingerprint density at radius 3 is 2.41 bits per heavy atom. The molecule has 0 aliphatic carbocycles. The number of allylic oxidation sites excluding steroid dienone is 1. The number of ketones is 1. The third kappa shape index (κ3) is 4.09. The number of carbonyl (C=O) groups excluding carboxylic acids is 2. The summed E-state index contributed by atoms with van der Waals surface area (Å²) in [4.78, 5) is 43.8. The van der Waals surface area contributed by atoms with Gasteiger partial charge in [0.2, 0.25) is 0 Å². The average Bonchev–Trinajstić information content (AvgIpc) is 2.81. The summed E-state index contributed by atoms with van der Waals surface area (Å²) in [5, 5.41) is 11.9. The van der Waals surface area contributed by atoms with Gasteiger partial charge in [-0.3, -0.25) is 19.3 Å². The van der Waals surface area contributed by atoms with Crippen LogP contribution in [0, 0.1) is 5.41 Å². The second-order valence-corrected chi connectivity index (χ2v) is 13.8. The highest BCUT2D eigenvalue weighted by atomic mass is 32.3. The number of fused-ring (bicyclic) bond motifs is 1. The van der Waals surface area contributed by atoms with Crippen LogP contribution in [0.5, 0.6) is 5.88 Å². The molecule has 0 radical (unpaired) electrons. The number of aromatic nitrogens is 3. The average molecular weight is 549 g/mol. The number of sulfone groups is 1. The third-order valence-corrected chi connectivity index (χ3v) is 11.3. The number of benzene rings is 1. The van der Waals surface area contributed by atoms with Crippen LogP contribution in [0.15, 0.2) is 51.6 Å². The number of aryl methyl sites for hydroxylation is 1. The normalized spacial score (nSPS) is 25.0. The number of carbonyl (C=O) groups is 2. The van der Waals surface area contributed by atoms with Crippen LogP contribution >= 0.6 is 11.8 Å². The molecule has 37 heavy (non-hydrogen) atoms. The molecule has 1 N–H and O–H groups in total. The van der Waals surface area contributed by atoms with Gasteiger partial charge in [0, 0.05) is 26.0 Å². The summed E-state index contributed by atoms with van der Waals surface area (Å²) in [5.41, 5.74) is -1.18. The first-order valence-corrected chi connectivity index (χ1v) is 13.8. The number of β-lactam (4-membered cyclic amide) rings is 1. The number of rotatable bonds is 6. The van der Waals surface area contributed by atoms with E-state index in [0.717, 1.165) is 21.3 Å². The third-order valence-electron chi connectivity index (χ3n) is 6.54. The summed E-state index contributed by atoms with van der Waals surface area (Å²) in [5.74, 6) is -1.85. The van der Waals surface area contributed by atoms with Crippen LogP contribution in [0.1, 0.15) is 33.3 Å². The van der Waals surface area contributed by atoms with Crippen LogP contribution in [0.25, 0.3) is 0 Å². The molecule has 1 unspecified atom stereocenters. The number of amides is 1. The number of nitrogens with zero attached hydrogens (tertiary/aromatic N) is 4. The van der Waals surface area contributed by atoms with E-state index < -0.39 is 53.9 Å². The summed E-state index contributed by atoms with van der Waals surface area (Å²) in [6, 6.07) is 8.82. The van der Waals surface area contributed by atoms with Crippen LogP contribution in [-0.2, 0) is 37.6 Å². The number of aromatic hydroxyl groups is 1. The van der Waals surface area contributed by atoms with Crippen molar-refractivity contribution in [2.24, 2.45) is 12.5 Å². The quantitative estimate of drug-likeness (QED) is 0.525. The molecule has 11 nitrogen and oxygen atoms in total. The molecule has 2 aliphatic heterocycles. The van der Waals surface area contributed by atoms with Crippen molar-refractivity contribution in [3.63, 3.8) is 0 Å². The minimum atomic E-state index is -4.33. The van der Waals surface area contributed by atoms with Gasteiger partial charge in [-0.1, -0.05) is 62.9 Å². The highest BCUT2D eigenvalue weighted by molar-refractivity contribution is 8.15. The van der Waals surface area contributed by atoms with Gasteiger partial charge >= 0.3 is 5.56 Å². The van der Waals surface area contributed by atoms with Crippen molar-refractivity contribution in [3.8, 4) is 5.88 Å². The minimum absolute atomic E-state index is 0.00852. The molecule has 0 spiro atoms. The van der Waals surface area contributed by atoms with Crippen LogP contribution < -0.4 is 5.56 Å². The number of methoxy groups -OCH3 is 1. The highest BCUT2D eigenvalue weighted by Gasteiger charge is 2.68. The minimum Gasteiger partial charge on any atom is -0.488 e. The summed E-state index contributed by atoms with van der Waals surface area (Å²) in [6.07, 6.45) is -1.40. The van der Waals surface area contributed by atoms with Gasteiger partial charge in [0.1, 0.15) is 0 Å². The van der Waals surface area contributed by atoms with Crippen LogP contribution in [-0.4, -0.2) is 67.5 Å². The van der Waals surface area contributed by atoms with E-state index in [0.29, 0.717) is 5.56 Å². The number of ether oxygens (including phenoxy) is 1. The van der Waals surface area contributed by atoms with E-state index >= 15 is 0 Å². The zero-order valence-electron chi connectivity index (χ0n) is 21.3. The Labute approximate surface area is 218 Å². The van der Waals surface area contributed by atoms with Crippen molar-refractivity contribution >= 4 is 33.3 Å². The Kier molecular flexibility index (Phi) is 6.62. The number of thioether (sulfide) groups is 1. The maximum atomic E-state index is 14.5. The standard InChI is InChI=1S/C24H28N4O7S2/c1-13-15(17(29)23(2,3)4)28-20(32)16(35-6)21(28)37(33,34)24(13,12-14-10-8-7-9-11-14)36-22-25-18(30)19(31)26-27(22)5/h7-11,16,21H,12H2,1-6H3,(H,26,31)/t16-,21-,24?/m0/s1. The molecule has 1 amide bonds. The predicted octanol–water partition coefficient (Wildman–Crippen LogP) is 1.41. The maximum Gasteiger partial charge on any atom is 0.336 e. The van der Waals surface area contributed by atoms with Crippen molar-refractivity contribution < 1.29 is 27.9 Å². The van der Waals surface area contributed by atoms with E-state index in [2.05, 4.69) is 10.1 Å². The lowest BCUT2D eigenvalue weighted by molar-refractivity contribution is -0.161. The molecule has 1 fully saturated rings. The SMILES string of the molecule is CO[C@H]1C(=O)N2C(C(=O)C(C)(C)C)=C(C)C(Cc3ccccc3)(Sc3nc(=O)c(O)nn3C)S(=O)(=O)[C@@H]12. The smallest absolute Gasteiger partial charge is 0.336 e. The van der Waals surface area contributed by atoms with Crippen molar-refractivity contribution in [1.82, 2.24) is 19.7 Å². The molecule has 0 saturated carbocycles. The Bertz CT molecular complexity index is 1480. The molecule has 3 heterocycles. The molecule has 198 valence electrons. The summed E-state index contributed by atoms with van der Waals surface area (Å²) in [6.45, 7) is 6.58. The summed E-state index contributed by atoms with van der Waals surface area (Å²) >= 11 is 0.743. The molecule has 13 heteroatoms. The zero-order valence-corrected chi connectivity index (χ0v) is 22.9. The van der Waals surface area contributed by atoms with E-state index in [1.807, 2.05) is 0 Å². The lowest BCUT2D eigenvalue weighted by Crippen LogP contribution is -2.74. The summed E-state index contributed by atoms with van der Waals surface area (Å²) in [7, 11) is -1.67. The Morgan fingerprint density at radius 2 is 1.84 bits per heavy atom. The van der Waals surface area contributed by atoms with Crippen molar-refractivity contribution in [1.29, 1.82) is 0 Å². The first-order valence-electron chi connectivity index (χ1n) is 11.4. The molecular formula is C24H28N4O7S2. The van der Waals surface area contributed by atoms with Gasteiger partial charge in [-0.25, -0.2) is 13.1 Å². The van der Waals surface area contributed by atoms with Crippen LogP contribution in [0.3, 0.4) is 0 Å². The molecule has 1 aromatic carbocycles. The molecule has 1 aromatic heterocycles. The van der Waals surface area contributed by atoms with E-state index in [1.54, 1.807) is 51.1 Å². The first kappa shape index (κ1) is 27.0. The topological polar surface area (TPSA) is 149 Å². The first-order chi connectivity index (χ1) is 17.2. The molecule has 0 bridgehead atoms. The van der Waals surface area contributed by atoms with Gasteiger partial charge in [0.25, 0.3) is 11.8 Å². The Hall–Kier alpha value is -3.03. The predicted molar refractivity (Wildman–Crippen MR) is 135 cm³/mol. The van der Waals surface area contributed by atoms with Crippen LogP contribution in [0.4, 0.5) is 0 Å². The largest absolute Gasteiger partial charge is 0.488 e. The van der Waals surface area contributed by atoms with Gasteiger partial charge in [-0.15, -0.1) is 5.10 Å². The number of hydrogen-bond acceptors (Lipinski definition) is 10. The van der Waals surface area contributed by atoms with Crippen LogP contribution in [0.2, 0.25) is 0 Å². The number of Topliss-reactive ketones (excluding diaryl/α,β-unsaturated/α-hetero) is 1. The molecule has 1 saturated heterocycles. The fourth-order valence-electron chi connectivity index (χ4n) is 4.54. The molecule has 4 rings (SSSR count). The van der Waals surface area contributed by atoms with Gasteiger partial charge in [0.15, 0.2) is 36.3 Å². The van der Waals surface area contributed by atoms with Crippen molar-refractivity contribution in [2.45, 2.75) is 54.8 Å². The second kappa shape index (κ2) is 9.07. The molecular weight excluding hydrogens is 520 g/mol. The van der Waals surface area contributed by atoms with Gasteiger partial charge in [0.05, 0.1) is 5.70 Å². The summed E-state index contributed by atoms with van der Waals surface area (Å²) < 4.78 is 33.5. The van der Waals surface area contributed by atoms with Gasteiger partial charge in [-0.05, 0) is 18.1 Å². The lowest BCUT2D eigenvalue weighted by atomic mass is 9.84. The monoisotopic (exact) mass is 548 g/mol. The van der Waals surface area contributed by atoms with Gasteiger partial charge < -0.3 is 9.84 Å². The zero-order chi connectivity index (χ0) is 27.5. The van der Waals surface area contributed by atoms with Gasteiger partial charge in [-0.2, -0.15) is 4.98 Å². The maximum absolute atomic E-state index is 14.5. The Morgan fingerprint density at radius 1 is 1.22 bits per heavy atom. The lowest BCUT2D eigenvalue weighted by Gasteiger charge is -2.54. The number of hydrogen-bond donors (Lipinski definition) is 1. The van der Waals surface area contributed by atoms with E-state index in [4.69, 9.17) is 4.74 Å². The highest BCUT2D eigenvalue weighted by Crippen LogP contribution is 2.55. The van der Waals surface area contributed by atoms with E-state index in [-0.39, 0.29) is 22.8 Å². The second-order valence-electron chi connectivity index (χ2n) is 10.0. The molecule has 2 aliphatic rings. The van der Waals surface area contributed by atoms with E-state index in [9.17, 15) is 27.9 Å². The fourth-order valence-corrected chi connectivity index (χ4v) is 8.93. The molecule has 3 atom stereocenters. The van der Waals surface area contributed by atoms with E-state index in [1.165, 1.54) is 21.1 Å². The fraction of sp³-hybridized carbons (Fsp3) is 0.458. The molecule has 2 aromatic rings. The van der Waals surface area contributed by atoms with Crippen molar-refractivity contribution in [3.05, 3.63) is 57.5 Å².